The van der Waals surface area contributed by atoms with Crippen molar-refractivity contribution in [3.63, 3.8) is 0 Å². The van der Waals surface area contributed by atoms with Crippen LogP contribution in [0.4, 0.5) is 0 Å². The van der Waals surface area contributed by atoms with Crippen molar-refractivity contribution >= 4 is 5.91 Å². The van der Waals surface area contributed by atoms with Gasteiger partial charge in [0, 0.05) is 19.1 Å². The predicted octanol–water partition coefficient (Wildman–Crippen LogP) is -0.276. The van der Waals surface area contributed by atoms with E-state index in [1.807, 2.05) is 6.92 Å². The highest BCUT2D eigenvalue weighted by Crippen LogP contribution is 2.38. The van der Waals surface area contributed by atoms with Crippen LogP contribution in [0.1, 0.15) is 26.2 Å². The molecule has 0 spiro atoms. The Morgan fingerprint density at radius 2 is 2.41 bits per heavy atom. The molecule has 2 fully saturated rings. The van der Waals surface area contributed by atoms with Gasteiger partial charge >= 0.3 is 0 Å². The molecule has 0 aromatic rings. The van der Waals surface area contributed by atoms with Gasteiger partial charge in [0.15, 0.2) is 0 Å². The SMILES string of the molecule is CC1(C(=O)N2CCOC(CO)C2)CCCC1N. The highest BCUT2D eigenvalue weighted by Gasteiger charge is 2.45. The van der Waals surface area contributed by atoms with Crippen molar-refractivity contribution in [2.45, 2.75) is 38.3 Å². The normalized spacial score (nSPS) is 38.4. The third-order valence-electron chi connectivity index (χ3n) is 4.15. The summed E-state index contributed by atoms with van der Waals surface area (Å²) in [5.41, 5.74) is 5.64. The monoisotopic (exact) mass is 242 g/mol. The van der Waals surface area contributed by atoms with Gasteiger partial charge in [-0.25, -0.2) is 0 Å². The zero-order valence-electron chi connectivity index (χ0n) is 10.4. The second kappa shape index (κ2) is 4.92. The maximum Gasteiger partial charge on any atom is 0.230 e. The van der Waals surface area contributed by atoms with Gasteiger partial charge in [0.1, 0.15) is 0 Å². The molecule has 2 rings (SSSR count). The average Bonchev–Trinajstić information content (AvgIpc) is 2.70. The number of rotatable bonds is 2. The molecule has 1 saturated carbocycles. The van der Waals surface area contributed by atoms with Gasteiger partial charge in [-0.15, -0.1) is 0 Å². The number of ether oxygens (including phenoxy) is 1. The fourth-order valence-electron chi connectivity index (χ4n) is 2.83. The molecule has 1 aliphatic heterocycles. The van der Waals surface area contributed by atoms with Crippen molar-refractivity contribution in [1.29, 1.82) is 0 Å². The van der Waals surface area contributed by atoms with E-state index in [0.717, 1.165) is 19.3 Å². The lowest BCUT2D eigenvalue weighted by atomic mass is 9.83. The third kappa shape index (κ3) is 2.32. The minimum atomic E-state index is -0.419. The van der Waals surface area contributed by atoms with Crippen LogP contribution >= 0.6 is 0 Å². The molecule has 0 radical (unpaired) electrons. The first kappa shape index (κ1) is 12.8. The third-order valence-corrected chi connectivity index (χ3v) is 4.15. The lowest BCUT2D eigenvalue weighted by Crippen LogP contribution is -2.54. The van der Waals surface area contributed by atoms with E-state index >= 15 is 0 Å². The van der Waals surface area contributed by atoms with Gasteiger partial charge in [0.25, 0.3) is 0 Å². The van der Waals surface area contributed by atoms with Crippen LogP contribution in [0, 0.1) is 5.41 Å². The number of nitrogens with two attached hydrogens (primary N) is 1. The van der Waals surface area contributed by atoms with Gasteiger partial charge < -0.3 is 20.5 Å². The van der Waals surface area contributed by atoms with Crippen molar-refractivity contribution in [3.8, 4) is 0 Å². The number of hydrogen-bond donors (Lipinski definition) is 2. The molecule has 5 heteroatoms. The summed E-state index contributed by atoms with van der Waals surface area (Å²) in [5, 5.41) is 9.08. The lowest BCUT2D eigenvalue weighted by Gasteiger charge is -2.38. The molecule has 1 aliphatic carbocycles. The van der Waals surface area contributed by atoms with Crippen LogP contribution in [-0.2, 0) is 9.53 Å². The van der Waals surface area contributed by atoms with Gasteiger partial charge in [0.2, 0.25) is 5.91 Å². The van der Waals surface area contributed by atoms with Crippen molar-refractivity contribution in [2.24, 2.45) is 11.1 Å². The Bertz CT molecular complexity index is 297. The summed E-state index contributed by atoms with van der Waals surface area (Å²) in [4.78, 5) is 14.3. The van der Waals surface area contributed by atoms with Crippen molar-refractivity contribution in [3.05, 3.63) is 0 Å². The summed E-state index contributed by atoms with van der Waals surface area (Å²) < 4.78 is 5.35. The molecular weight excluding hydrogens is 220 g/mol. The number of carbonyl (C=O) groups is 1. The Hall–Kier alpha value is -0.650. The lowest BCUT2D eigenvalue weighted by molar-refractivity contribution is -0.150. The fourth-order valence-corrected chi connectivity index (χ4v) is 2.83. The van der Waals surface area contributed by atoms with Crippen LogP contribution in [0.2, 0.25) is 0 Å². The molecule has 3 N–H and O–H groups in total. The number of carbonyl (C=O) groups excluding carboxylic acids is 1. The molecule has 5 nitrogen and oxygen atoms in total. The molecule has 3 atom stereocenters. The molecule has 1 heterocycles. The Morgan fingerprint density at radius 3 is 3.00 bits per heavy atom. The topological polar surface area (TPSA) is 75.8 Å². The van der Waals surface area contributed by atoms with E-state index in [2.05, 4.69) is 0 Å². The van der Waals surface area contributed by atoms with Crippen LogP contribution in [0.3, 0.4) is 0 Å². The summed E-state index contributed by atoms with van der Waals surface area (Å²) in [6, 6.07) is -0.0366. The van der Waals surface area contributed by atoms with Gasteiger partial charge in [-0.05, 0) is 19.8 Å². The Labute approximate surface area is 102 Å². The number of aliphatic hydroxyl groups is 1. The van der Waals surface area contributed by atoms with Gasteiger partial charge in [-0.1, -0.05) is 6.42 Å². The molecule has 1 saturated heterocycles. The summed E-state index contributed by atoms with van der Waals surface area (Å²) >= 11 is 0. The van der Waals surface area contributed by atoms with E-state index < -0.39 is 5.41 Å². The molecule has 3 unspecified atom stereocenters. The maximum atomic E-state index is 12.5. The van der Waals surface area contributed by atoms with Crippen molar-refractivity contribution < 1.29 is 14.6 Å². The number of morpholine rings is 1. The average molecular weight is 242 g/mol. The Kier molecular flexibility index (Phi) is 3.70. The molecule has 1 amide bonds. The largest absolute Gasteiger partial charge is 0.394 e. The van der Waals surface area contributed by atoms with Crippen molar-refractivity contribution in [1.82, 2.24) is 4.90 Å². The fraction of sp³-hybridized carbons (Fsp3) is 0.917. The molecule has 2 aliphatic rings. The summed E-state index contributed by atoms with van der Waals surface area (Å²) in [5.74, 6) is 0.129. The van der Waals surface area contributed by atoms with Gasteiger partial charge in [-0.3, -0.25) is 4.79 Å². The van der Waals surface area contributed by atoms with E-state index in [1.54, 1.807) is 4.90 Å². The second-order valence-corrected chi connectivity index (χ2v) is 5.34. The van der Waals surface area contributed by atoms with Crippen molar-refractivity contribution in [2.75, 3.05) is 26.3 Å². The van der Waals surface area contributed by atoms with Crippen LogP contribution in [0.5, 0.6) is 0 Å². The number of amides is 1. The molecular formula is C12H22N2O3. The predicted molar refractivity (Wildman–Crippen MR) is 63.3 cm³/mol. The Morgan fingerprint density at radius 1 is 1.65 bits per heavy atom. The molecule has 17 heavy (non-hydrogen) atoms. The molecule has 0 bridgehead atoms. The second-order valence-electron chi connectivity index (χ2n) is 5.34. The summed E-state index contributed by atoms with van der Waals surface area (Å²) in [6.07, 6.45) is 2.58. The minimum absolute atomic E-state index is 0.0352. The number of hydrogen-bond acceptors (Lipinski definition) is 4. The zero-order chi connectivity index (χ0) is 12.5. The quantitative estimate of drug-likeness (QED) is 0.698. The van der Waals surface area contributed by atoms with E-state index in [1.165, 1.54) is 0 Å². The number of aliphatic hydroxyl groups excluding tert-OH is 1. The van der Waals surface area contributed by atoms with Gasteiger partial charge in [0.05, 0.1) is 24.7 Å². The van der Waals surface area contributed by atoms with Crippen LogP contribution in [0.25, 0.3) is 0 Å². The standard InChI is InChI=1S/C12H22N2O3/c1-12(4-2-3-10(12)13)11(16)14-5-6-17-9(7-14)8-15/h9-10,15H,2-8,13H2,1H3. The van der Waals surface area contributed by atoms with E-state index in [9.17, 15) is 4.79 Å². The van der Waals surface area contributed by atoms with Crippen LogP contribution in [0.15, 0.2) is 0 Å². The molecule has 0 aromatic heterocycles. The highest BCUT2D eigenvalue weighted by molar-refractivity contribution is 5.83. The first-order valence-corrected chi connectivity index (χ1v) is 6.35. The summed E-state index contributed by atoms with van der Waals surface area (Å²) in [7, 11) is 0. The van der Waals surface area contributed by atoms with Gasteiger partial charge in [-0.2, -0.15) is 0 Å². The zero-order valence-corrected chi connectivity index (χ0v) is 10.4. The summed E-state index contributed by atoms with van der Waals surface area (Å²) in [6.45, 7) is 3.53. The van der Waals surface area contributed by atoms with E-state index in [4.69, 9.17) is 15.6 Å². The number of nitrogens with zero attached hydrogens (tertiary/aromatic N) is 1. The maximum absolute atomic E-state index is 12.5. The first-order chi connectivity index (χ1) is 8.08. The Balaban J connectivity index is 2.04. The van der Waals surface area contributed by atoms with Crippen LogP contribution in [-0.4, -0.2) is 54.4 Å². The first-order valence-electron chi connectivity index (χ1n) is 6.35. The highest BCUT2D eigenvalue weighted by atomic mass is 16.5. The minimum Gasteiger partial charge on any atom is -0.394 e. The van der Waals surface area contributed by atoms with E-state index in [-0.39, 0.29) is 24.7 Å². The molecule has 0 aromatic carbocycles. The van der Waals surface area contributed by atoms with E-state index in [0.29, 0.717) is 19.7 Å². The smallest absolute Gasteiger partial charge is 0.230 e. The van der Waals surface area contributed by atoms with Crippen LogP contribution < -0.4 is 5.73 Å². The molecule has 98 valence electrons.